The van der Waals surface area contributed by atoms with Crippen molar-refractivity contribution in [3.05, 3.63) is 11.9 Å². The molecule has 0 radical (unpaired) electrons. The summed E-state index contributed by atoms with van der Waals surface area (Å²) in [4.78, 5) is 10.9. The molecule has 0 bridgehead atoms. The summed E-state index contributed by atoms with van der Waals surface area (Å²) >= 11 is 0. The van der Waals surface area contributed by atoms with Crippen molar-refractivity contribution in [2.45, 2.75) is 32.6 Å². The quantitative estimate of drug-likeness (QED) is 0.671. The fourth-order valence-corrected chi connectivity index (χ4v) is 2.03. The zero-order valence-electron chi connectivity index (χ0n) is 12.7. The molecule has 0 spiro atoms. The lowest BCUT2D eigenvalue weighted by Crippen LogP contribution is -2.15. The molecule has 19 heavy (non-hydrogen) atoms. The van der Waals surface area contributed by atoms with E-state index in [1.54, 1.807) is 6.33 Å². The lowest BCUT2D eigenvalue weighted by molar-refractivity contribution is 0.396. The molecule has 5 nitrogen and oxygen atoms in total. The van der Waals surface area contributed by atoms with Gasteiger partial charge in [0.05, 0.1) is 0 Å². The highest BCUT2D eigenvalue weighted by molar-refractivity contribution is 5.57. The van der Waals surface area contributed by atoms with E-state index in [0.717, 1.165) is 44.0 Å². The van der Waals surface area contributed by atoms with Crippen molar-refractivity contribution in [3.8, 4) is 0 Å². The molecule has 0 aliphatic heterocycles. The van der Waals surface area contributed by atoms with Crippen LogP contribution in [-0.4, -0.2) is 49.1 Å². The molecular formula is C14H27N5. The topological polar surface area (TPSA) is 53.1 Å². The Balaban J connectivity index is 2.52. The zero-order valence-corrected chi connectivity index (χ0v) is 12.7. The fraction of sp³-hybridized carbons (Fsp3) is 0.714. The van der Waals surface area contributed by atoms with Crippen LogP contribution in [0.1, 0.15) is 31.7 Å². The highest BCUT2D eigenvalue weighted by Gasteiger charge is 2.08. The van der Waals surface area contributed by atoms with Crippen molar-refractivity contribution in [1.82, 2.24) is 14.9 Å². The lowest BCUT2D eigenvalue weighted by Gasteiger charge is -2.14. The Labute approximate surface area is 116 Å². The van der Waals surface area contributed by atoms with Gasteiger partial charge in [0, 0.05) is 19.2 Å². The monoisotopic (exact) mass is 265 g/mol. The summed E-state index contributed by atoms with van der Waals surface area (Å²) in [6, 6.07) is 0. The molecule has 0 aliphatic carbocycles. The van der Waals surface area contributed by atoms with Gasteiger partial charge in [-0.05, 0) is 39.9 Å². The average Bonchev–Trinajstić information content (AvgIpc) is 2.39. The van der Waals surface area contributed by atoms with Gasteiger partial charge in [0.1, 0.15) is 18.0 Å². The number of aromatic nitrogens is 2. The average molecular weight is 265 g/mol. The second-order valence-electron chi connectivity index (χ2n) is 4.99. The molecule has 0 unspecified atom stereocenters. The van der Waals surface area contributed by atoms with Crippen LogP contribution in [-0.2, 0) is 6.42 Å². The standard InChI is InChI=1S/C14H27N5/c1-5-8-12-13(15-2)17-11-18-14(12)16-9-6-7-10-19(3)4/h11H,5-10H2,1-4H3,(H2,15,16,17,18). The van der Waals surface area contributed by atoms with Crippen LogP contribution in [0.5, 0.6) is 0 Å². The predicted molar refractivity (Wildman–Crippen MR) is 81.9 cm³/mol. The summed E-state index contributed by atoms with van der Waals surface area (Å²) in [5.74, 6) is 1.92. The maximum atomic E-state index is 4.37. The molecule has 5 heteroatoms. The molecule has 0 atom stereocenters. The van der Waals surface area contributed by atoms with Gasteiger partial charge in [-0.2, -0.15) is 0 Å². The number of nitrogens with zero attached hydrogens (tertiary/aromatic N) is 3. The van der Waals surface area contributed by atoms with E-state index in [2.05, 4.69) is 46.5 Å². The summed E-state index contributed by atoms with van der Waals surface area (Å²) in [5.41, 5.74) is 1.19. The second-order valence-corrected chi connectivity index (χ2v) is 4.99. The molecule has 0 saturated heterocycles. The van der Waals surface area contributed by atoms with Gasteiger partial charge in [-0.25, -0.2) is 9.97 Å². The van der Waals surface area contributed by atoms with Crippen LogP contribution in [0.2, 0.25) is 0 Å². The van der Waals surface area contributed by atoms with Crippen LogP contribution < -0.4 is 10.6 Å². The van der Waals surface area contributed by atoms with Crippen molar-refractivity contribution in [1.29, 1.82) is 0 Å². The van der Waals surface area contributed by atoms with E-state index in [1.165, 1.54) is 12.0 Å². The van der Waals surface area contributed by atoms with Crippen LogP contribution >= 0.6 is 0 Å². The van der Waals surface area contributed by atoms with Gasteiger partial charge in [-0.1, -0.05) is 13.3 Å². The molecule has 2 N–H and O–H groups in total. The van der Waals surface area contributed by atoms with E-state index >= 15 is 0 Å². The zero-order chi connectivity index (χ0) is 14.1. The highest BCUT2D eigenvalue weighted by Crippen LogP contribution is 2.21. The largest absolute Gasteiger partial charge is 0.373 e. The minimum absolute atomic E-state index is 0.938. The summed E-state index contributed by atoms with van der Waals surface area (Å²) < 4.78 is 0. The molecule has 0 aliphatic rings. The molecule has 1 aromatic heterocycles. The van der Waals surface area contributed by atoms with Crippen LogP contribution in [0.15, 0.2) is 6.33 Å². The number of unbranched alkanes of at least 4 members (excludes halogenated alkanes) is 1. The summed E-state index contributed by atoms with van der Waals surface area (Å²) in [5, 5.41) is 6.58. The molecule has 0 saturated carbocycles. The Morgan fingerprint density at radius 1 is 1.16 bits per heavy atom. The van der Waals surface area contributed by atoms with Crippen molar-refractivity contribution < 1.29 is 0 Å². The molecule has 108 valence electrons. The highest BCUT2D eigenvalue weighted by atomic mass is 15.1. The van der Waals surface area contributed by atoms with Crippen LogP contribution in [0.4, 0.5) is 11.6 Å². The molecule has 0 aromatic carbocycles. The van der Waals surface area contributed by atoms with Crippen LogP contribution in [0, 0.1) is 0 Å². The van der Waals surface area contributed by atoms with E-state index in [4.69, 9.17) is 0 Å². The molecular weight excluding hydrogens is 238 g/mol. The Morgan fingerprint density at radius 2 is 1.89 bits per heavy atom. The smallest absolute Gasteiger partial charge is 0.134 e. The first-order chi connectivity index (χ1) is 9.19. The molecule has 1 heterocycles. The number of anilines is 2. The van der Waals surface area contributed by atoms with Crippen molar-refractivity contribution in [3.63, 3.8) is 0 Å². The molecule has 0 amide bonds. The first-order valence-corrected chi connectivity index (χ1v) is 7.09. The summed E-state index contributed by atoms with van der Waals surface area (Å²) in [6.07, 6.45) is 6.07. The van der Waals surface area contributed by atoms with E-state index in [-0.39, 0.29) is 0 Å². The van der Waals surface area contributed by atoms with E-state index in [0.29, 0.717) is 0 Å². The van der Waals surface area contributed by atoms with Gasteiger partial charge in [-0.15, -0.1) is 0 Å². The number of rotatable bonds is 9. The van der Waals surface area contributed by atoms with Crippen molar-refractivity contribution >= 4 is 11.6 Å². The Kier molecular flexibility index (Phi) is 7.18. The minimum Gasteiger partial charge on any atom is -0.373 e. The predicted octanol–water partition coefficient (Wildman–Crippen LogP) is 2.22. The van der Waals surface area contributed by atoms with Gasteiger partial charge in [-0.3, -0.25) is 0 Å². The SMILES string of the molecule is CCCc1c(NC)ncnc1NCCCCN(C)C. The van der Waals surface area contributed by atoms with E-state index in [1.807, 2.05) is 7.05 Å². The molecule has 1 rings (SSSR count). The Hall–Kier alpha value is -1.36. The fourth-order valence-electron chi connectivity index (χ4n) is 2.03. The third kappa shape index (κ3) is 5.42. The van der Waals surface area contributed by atoms with Crippen molar-refractivity contribution in [2.75, 3.05) is 44.9 Å². The second kappa shape index (κ2) is 8.69. The van der Waals surface area contributed by atoms with Gasteiger partial charge >= 0.3 is 0 Å². The lowest BCUT2D eigenvalue weighted by atomic mass is 10.1. The van der Waals surface area contributed by atoms with Crippen molar-refractivity contribution in [2.24, 2.45) is 0 Å². The third-order valence-electron chi connectivity index (χ3n) is 3.01. The maximum absolute atomic E-state index is 4.37. The van der Waals surface area contributed by atoms with Gasteiger partial charge in [0.2, 0.25) is 0 Å². The molecule has 1 aromatic rings. The van der Waals surface area contributed by atoms with Gasteiger partial charge in [0.15, 0.2) is 0 Å². The Bertz CT molecular complexity index is 365. The number of hydrogen-bond donors (Lipinski definition) is 2. The summed E-state index contributed by atoms with van der Waals surface area (Å²) in [7, 11) is 6.12. The van der Waals surface area contributed by atoms with Crippen LogP contribution in [0.3, 0.4) is 0 Å². The van der Waals surface area contributed by atoms with E-state index in [9.17, 15) is 0 Å². The first kappa shape index (κ1) is 15.7. The maximum Gasteiger partial charge on any atom is 0.134 e. The van der Waals surface area contributed by atoms with Crippen LogP contribution in [0.25, 0.3) is 0 Å². The van der Waals surface area contributed by atoms with Gasteiger partial charge < -0.3 is 15.5 Å². The van der Waals surface area contributed by atoms with E-state index < -0.39 is 0 Å². The normalized spacial score (nSPS) is 10.8. The Morgan fingerprint density at radius 3 is 2.53 bits per heavy atom. The number of nitrogens with one attached hydrogen (secondary N) is 2. The summed E-state index contributed by atoms with van der Waals surface area (Å²) in [6.45, 7) is 4.27. The first-order valence-electron chi connectivity index (χ1n) is 7.09. The molecule has 0 fully saturated rings. The minimum atomic E-state index is 0.938. The van der Waals surface area contributed by atoms with Gasteiger partial charge in [0.25, 0.3) is 0 Å². The number of hydrogen-bond acceptors (Lipinski definition) is 5. The third-order valence-corrected chi connectivity index (χ3v) is 3.01.